The highest BCUT2D eigenvalue weighted by Gasteiger charge is 2.26. The molecule has 8 nitrogen and oxygen atoms in total. The fourth-order valence-corrected chi connectivity index (χ4v) is 4.97. The van der Waals surface area contributed by atoms with Gasteiger partial charge in [-0.2, -0.15) is 4.98 Å². The third kappa shape index (κ3) is 8.66. The highest BCUT2D eigenvalue weighted by atomic mass is 16.5. The number of rotatable bonds is 15. The molecule has 230 valence electrons. The molecule has 0 radical (unpaired) electrons. The number of aromatic nitrogens is 2. The van der Waals surface area contributed by atoms with Crippen molar-refractivity contribution >= 4 is 22.7 Å². The Labute approximate surface area is 262 Å². The van der Waals surface area contributed by atoms with Crippen LogP contribution >= 0.6 is 0 Å². The van der Waals surface area contributed by atoms with E-state index in [-0.39, 0.29) is 13.0 Å². The Morgan fingerprint density at radius 1 is 0.756 bits per heavy atom. The summed E-state index contributed by atoms with van der Waals surface area (Å²) >= 11 is 0. The van der Waals surface area contributed by atoms with Crippen LogP contribution in [-0.2, 0) is 20.9 Å². The maximum atomic E-state index is 11.8. The number of benzene rings is 4. The van der Waals surface area contributed by atoms with Gasteiger partial charge in [0.05, 0.1) is 18.9 Å². The Morgan fingerprint density at radius 2 is 1.49 bits per heavy atom. The molecule has 0 amide bonds. The zero-order chi connectivity index (χ0) is 31.4. The first-order valence-corrected chi connectivity index (χ1v) is 15.2. The van der Waals surface area contributed by atoms with Gasteiger partial charge in [-0.15, -0.1) is 0 Å². The SMILES string of the molecule is CCOC(=O)C(CCCCCOc1ccc2cc(-c3nc(OCc4ccccc4)cc(-c4ccccc4)n3)ccc2c1)C(=O)O. The summed E-state index contributed by atoms with van der Waals surface area (Å²) in [6, 6.07) is 33.9. The zero-order valence-electron chi connectivity index (χ0n) is 25.2. The van der Waals surface area contributed by atoms with Crippen molar-refractivity contribution in [1.29, 1.82) is 0 Å². The van der Waals surface area contributed by atoms with E-state index in [0.29, 0.717) is 31.3 Å². The monoisotopic (exact) mass is 604 g/mol. The van der Waals surface area contributed by atoms with E-state index in [2.05, 4.69) is 6.07 Å². The maximum absolute atomic E-state index is 11.8. The fraction of sp³-hybridized carbons (Fsp3) is 0.243. The van der Waals surface area contributed by atoms with Crippen LogP contribution in [0.15, 0.2) is 103 Å². The van der Waals surface area contributed by atoms with Gasteiger partial charge in [-0.05, 0) is 54.3 Å². The lowest BCUT2D eigenvalue weighted by molar-refractivity contribution is -0.158. The summed E-state index contributed by atoms with van der Waals surface area (Å²) in [6.45, 7) is 2.73. The van der Waals surface area contributed by atoms with Gasteiger partial charge in [-0.3, -0.25) is 9.59 Å². The van der Waals surface area contributed by atoms with Crippen molar-refractivity contribution in [2.45, 2.75) is 39.2 Å². The number of hydrogen-bond donors (Lipinski definition) is 1. The van der Waals surface area contributed by atoms with Gasteiger partial charge in [-0.25, -0.2) is 4.98 Å². The molecule has 5 rings (SSSR count). The summed E-state index contributed by atoms with van der Waals surface area (Å²) in [6.07, 6.45) is 2.35. The Kier molecular flexibility index (Phi) is 10.7. The maximum Gasteiger partial charge on any atom is 0.320 e. The highest BCUT2D eigenvalue weighted by Crippen LogP contribution is 2.29. The van der Waals surface area contributed by atoms with Crippen molar-refractivity contribution in [2.24, 2.45) is 5.92 Å². The zero-order valence-corrected chi connectivity index (χ0v) is 25.2. The number of carboxylic acid groups (broad SMARTS) is 1. The van der Waals surface area contributed by atoms with Gasteiger partial charge in [0, 0.05) is 17.2 Å². The Morgan fingerprint density at radius 3 is 2.24 bits per heavy atom. The molecule has 0 spiro atoms. The molecule has 5 aromatic rings. The van der Waals surface area contributed by atoms with Crippen LogP contribution in [0.3, 0.4) is 0 Å². The van der Waals surface area contributed by atoms with Crippen molar-refractivity contribution in [3.05, 3.63) is 109 Å². The van der Waals surface area contributed by atoms with Crippen LogP contribution in [0.4, 0.5) is 0 Å². The van der Waals surface area contributed by atoms with Crippen LogP contribution < -0.4 is 9.47 Å². The standard InChI is InChI=1S/C37H36N2O6/c1-2-43-37(42)32(36(40)41)16-10-5-11-21-44-31-20-19-28-22-30(18-17-29(28)23-31)35-38-33(27-14-8-4-9-15-27)24-34(39-35)45-25-26-12-6-3-7-13-26/h3-4,6-9,12-15,17-20,22-24,32H,2,5,10-11,16,21,25H2,1H3,(H,40,41). The second kappa shape index (κ2) is 15.5. The average Bonchev–Trinajstić information content (AvgIpc) is 3.07. The first kappa shape index (κ1) is 31.2. The predicted octanol–water partition coefficient (Wildman–Crippen LogP) is 7.75. The van der Waals surface area contributed by atoms with E-state index in [9.17, 15) is 14.7 Å². The third-order valence-corrected chi connectivity index (χ3v) is 7.35. The number of nitrogens with zero attached hydrogens (tertiary/aromatic N) is 2. The number of carboxylic acids is 1. The molecule has 1 aromatic heterocycles. The van der Waals surface area contributed by atoms with Crippen LogP contribution in [0, 0.1) is 5.92 Å². The lowest BCUT2D eigenvalue weighted by atomic mass is 10.0. The van der Waals surface area contributed by atoms with Gasteiger partial charge in [0.15, 0.2) is 11.7 Å². The van der Waals surface area contributed by atoms with Gasteiger partial charge in [0.1, 0.15) is 12.4 Å². The second-order valence-electron chi connectivity index (χ2n) is 10.6. The van der Waals surface area contributed by atoms with Crippen molar-refractivity contribution in [2.75, 3.05) is 13.2 Å². The van der Waals surface area contributed by atoms with Crippen molar-refractivity contribution in [1.82, 2.24) is 9.97 Å². The number of unbranched alkanes of at least 4 members (excludes halogenated alkanes) is 2. The average molecular weight is 605 g/mol. The molecule has 8 heteroatoms. The van der Waals surface area contributed by atoms with E-state index < -0.39 is 17.9 Å². The lowest BCUT2D eigenvalue weighted by Gasteiger charge is -2.12. The second-order valence-corrected chi connectivity index (χ2v) is 10.6. The van der Waals surface area contributed by atoms with E-state index in [4.69, 9.17) is 24.2 Å². The van der Waals surface area contributed by atoms with E-state index >= 15 is 0 Å². The van der Waals surface area contributed by atoms with Crippen LogP contribution in [0.1, 0.15) is 38.2 Å². The van der Waals surface area contributed by atoms with E-state index in [1.807, 2.05) is 97.1 Å². The molecule has 1 unspecified atom stereocenters. The van der Waals surface area contributed by atoms with E-state index in [1.54, 1.807) is 6.92 Å². The normalized spacial score (nSPS) is 11.6. The molecule has 0 aliphatic rings. The van der Waals surface area contributed by atoms with Gasteiger partial charge >= 0.3 is 11.9 Å². The van der Waals surface area contributed by atoms with E-state index in [0.717, 1.165) is 51.7 Å². The number of fused-ring (bicyclic) bond motifs is 1. The molecule has 0 bridgehead atoms. The van der Waals surface area contributed by atoms with Gasteiger partial charge in [0.25, 0.3) is 0 Å². The van der Waals surface area contributed by atoms with Gasteiger partial charge in [-0.1, -0.05) is 91.7 Å². The molecule has 0 aliphatic heterocycles. The summed E-state index contributed by atoms with van der Waals surface area (Å²) in [7, 11) is 0. The molecule has 45 heavy (non-hydrogen) atoms. The molecule has 0 fully saturated rings. The minimum Gasteiger partial charge on any atom is -0.494 e. The quantitative estimate of drug-likeness (QED) is 0.0734. The Hall–Kier alpha value is -5.24. The smallest absolute Gasteiger partial charge is 0.320 e. The first-order valence-electron chi connectivity index (χ1n) is 15.2. The van der Waals surface area contributed by atoms with Crippen molar-refractivity contribution in [3.63, 3.8) is 0 Å². The number of hydrogen-bond acceptors (Lipinski definition) is 7. The van der Waals surface area contributed by atoms with Crippen LogP contribution in [0.5, 0.6) is 11.6 Å². The first-order chi connectivity index (χ1) is 22.0. The number of esters is 1. The molecule has 0 saturated heterocycles. The topological polar surface area (TPSA) is 108 Å². The van der Waals surface area contributed by atoms with Crippen LogP contribution in [0.25, 0.3) is 33.4 Å². The minimum atomic E-state index is -1.14. The van der Waals surface area contributed by atoms with Crippen LogP contribution in [0.2, 0.25) is 0 Å². The molecule has 4 aromatic carbocycles. The largest absolute Gasteiger partial charge is 0.494 e. The Bertz CT molecular complexity index is 1730. The van der Waals surface area contributed by atoms with E-state index in [1.165, 1.54) is 0 Å². The molecular formula is C37H36N2O6. The van der Waals surface area contributed by atoms with Gasteiger partial charge < -0.3 is 19.3 Å². The lowest BCUT2D eigenvalue weighted by Crippen LogP contribution is -2.25. The minimum absolute atomic E-state index is 0.170. The molecular weight excluding hydrogens is 568 g/mol. The summed E-state index contributed by atoms with van der Waals surface area (Å²) in [5.41, 5.74) is 3.70. The van der Waals surface area contributed by atoms with Gasteiger partial charge in [0.2, 0.25) is 5.88 Å². The van der Waals surface area contributed by atoms with Crippen molar-refractivity contribution in [3.8, 4) is 34.3 Å². The summed E-state index contributed by atoms with van der Waals surface area (Å²) < 4.78 is 16.9. The molecule has 1 heterocycles. The number of carbonyl (C=O) groups excluding carboxylic acids is 1. The van der Waals surface area contributed by atoms with Crippen LogP contribution in [-0.4, -0.2) is 40.2 Å². The third-order valence-electron chi connectivity index (χ3n) is 7.35. The van der Waals surface area contributed by atoms with Crippen molar-refractivity contribution < 1.29 is 28.9 Å². The highest BCUT2D eigenvalue weighted by molar-refractivity contribution is 5.93. The summed E-state index contributed by atoms with van der Waals surface area (Å²) in [4.78, 5) is 32.8. The summed E-state index contributed by atoms with van der Waals surface area (Å²) in [5, 5.41) is 11.3. The molecule has 1 N–H and O–H groups in total. The number of ether oxygens (including phenoxy) is 3. The number of carbonyl (C=O) groups is 2. The Balaban J connectivity index is 1.24. The summed E-state index contributed by atoms with van der Waals surface area (Å²) in [5.74, 6) is -1.09. The number of aliphatic carboxylic acids is 1. The molecule has 0 saturated carbocycles. The molecule has 0 aliphatic carbocycles. The predicted molar refractivity (Wildman–Crippen MR) is 173 cm³/mol. The molecule has 1 atom stereocenters. The fourth-order valence-electron chi connectivity index (χ4n) is 4.97.